The number of hydrogen-bond donors (Lipinski definition) is 2. The molecule has 0 aliphatic carbocycles. The van der Waals surface area contributed by atoms with Crippen LogP contribution in [0.5, 0.6) is 0 Å². The first-order valence-corrected chi connectivity index (χ1v) is 10.4. The highest BCUT2D eigenvalue weighted by molar-refractivity contribution is 14.0. The summed E-state index contributed by atoms with van der Waals surface area (Å²) in [4.78, 5) is 8.48. The van der Waals surface area contributed by atoms with Crippen molar-refractivity contribution in [2.75, 3.05) is 46.4 Å². The van der Waals surface area contributed by atoms with Gasteiger partial charge in [0.15, 0.2) is 5.96 Å². The van der Waals surface area contributed by atoms with E-state index in [4.69, 9.17) is 4.74 Å². The Labute approximate surface area is 179 Å². The van der Waals surface area contributed by atoms with Gasteiger partial charge in [-0.3, -0.25) is 9.89 Å². The number of guanidine groups is 1. The van der Waals surface area contributed by atoms with Gasteiger partial charge in [-0.05, 0) is 49.7 Å². The largest absolute Gasteiger partial charge is 0.381 e. The zero-order valence-corrected chi connectivity index (χ0v) is 19.1. The van der Waals surface area contributed by atoms with Gasteiger partial charge in [0.2, 0.25) is 0 Å². The number of thiophene rings is 1. The summed E-state index contributed by atoms with van der Waals surface area (Å²) in [6.45, 7) is 8.35. The zero-order valence-electron chi connectivity index (χ0n) is 15.9. The molecule has 0 saturated carbocycles. The minimum absolute atomic E-state index is 0. The summed E-state index contributed by atoms with van der Waals surface area (Å²) < 4.78 is 5.45. The summed E-state index contributed by atoms with van der Waals surface area (Å²) in [5, 5.41) is 9.20. The van der Waals surface area contributed by atoms with Gasteiger partial charge in [0.25, 0.3) is 0 Å². The van der Waals surface area contributed by atoms with Crippen molar-refractivity contribution in [3.05, 3.63) is 22.4 Å². The Hall–Kier alpha value is -0.380. The highest BCUT2D eigenvalue weighted by atomic mass is 127. The molecule has 0 bridgehead atoms. The molecule has 1 aromatic rings. The van der Waals surface area contributed by atoms with E-state index in [-0.39, 0.29) is 24.0 Å². The maximum atomic E-state index is 5.45. The number of likely N-dealkylation sites (tertiary alicyclic amines) is 1. The molecule has 1 aromatic heterocycles. The third kappa shape index (κ3) is 6.35. The van der Waals surface area contributed by atoms with E-state index >= 15 is 0 Å². The zero-order chi connectivity index (χ0) is 17.5. The van der Waals surface area contributed by atoms with Crippen molar-refractivity contribution in [2.45, 2.75) is 32.2 Å². The molecule has 0 aromatic carbocycles. The smallest absolute Gasteiger partial charge is 0.191 e. The fraction of sp³-hybridized carbons (Fsp3) is 0.737. The van der Waals surface area contributed by atoms with E-state index in [9.17, 15) is 0 Å². The van der Waals surface area contributed by atoms with E-state index in [1.54, 1.807) is 0 Å². The SMILES string of the molecule is CN=C(NCC1CCOC1)NCC(c1cccs1)N1CCC(C)CC1.I. The summed E-state index contributed by atoms with van der Waals surface area (Å²) >= 11 is 1.86. The Kier molecular flexibility index (Phi) is 9.66. The van der Waals surface area contributed by atoms with Gasteiger partial charge in [-0.15, -0.1) is 35.3 Å². The monoisotopic (exact) mass is 492 g/mol. The van der Waals surface area contributed by atoms with Crippen LogP contribution in [0.1, 0.15) is 37.1 Å². The number of nitrogens with zero attached hydrogens (tertiary/aromatic N) is 2. The van der Waals surface area contributed by atoms with E-state index in [2.05, 4.69) is 45.0 Å². The minimum Gasteiger partial charge on any atom is -0.381 e. The van der Waals surface area contributed by atoms with Crippen LogP contribution in [0.15, 0.2) is 22.5 Å². The van der Waals surface area contributed by atoms with Crippen molar-refractivity contribution in [3.63, 3.8) is 0 Å². The lowest BCUT2D eigenvalue weighted by atomic mass is 9.97. The molecule has 2 aliphatic heterocycles. The van der Waals surface area contributed by atoms with Crippen molar-refractivity contribution >= 4 is 41.3 Å². The van der Waals surface area contributed by atoms with Gasteiger partial charge in [-0.2, -0.15) is 0 Å². The maximum absolute atomic E-state index is 5.45. The molecule has 148 valence electrons. The second-order valence-corrected chi connectivity index (χ2v) is 8.29. The van der Waals surface area contributed by atoms with Crippen LogP contribution >= 0.6 is 35.3 Å². The minimum atomic E-state index is 0. The predicted octanol–water partition coefficient (Wildman–Crippen LogP) is 3.34. The summed E-state index contributed by atoms with van der Waals surface area (Å²) in [7, 11) is 1.85. The van der Waals surface area contributed by atoms with Crippen molar-refractivity contribution in [1.82, 2.24) is 15.5 Å². The number of nitrogens with one attached hydrogen (secondary N) is 2. The number of rotatable bonds is 6. The van der Waals surface area contributed by atoms with Crippen LogP contribution in [0.4, 0.5) is 0 Å². The van der Waals surface area contributed by atoms with Crippen molar-refractivity contribution < 1.29 is 4.74 Å². The fourth-order valence-electron chi connectivity index (χ4n) is 3.63. The van der Waals surface area contributed by atoms with Gasteiger partial charge in [0.05, 0.1) is 12.6 Å². The van der Waals surface area contributed by atoms with Crippen LogP contribution < -0.4 is 10.6 Å². The lowest BCUT2D eigenvalue weighted by Crippen LogP contribution is -2.45. The second-order valence-electron chi connectivity index (χ2n) is 7.31. The van der Waals surface area contributed by atoms with Crippen molar-refractivity contribution in [3.8, 4) is 0 Å². The van der Waals surface area contributed by atoms with Crippen LogP contribution in [0, 0.1) is 11.8 Å². The van der Waals surface area contributed by atoms with Crippen LogP contribution in [-0.2, 0) is 4.74 Å². The Balaban J connectivity index is 0.00000243. The third-order valence-electron chi connectivity index (χ3n) is 5.40. The number of halogens is 1. The normalized spacial score (nSPS) is 23.5. The van der Waals surface area contributed by atoms with E-state index in [0.717, 1.165) is 44.6 Å². The van der Waals surface area contributed by atoms with Crippen molar-refractivity contribution in [1.29, 1.82) is 0 Å². The van der Waals surface area contributed by atoms with Gasteiger partial charge in [0, 0.05) is 37.5 Å². The third-order valence-corrected chi connectivity index (χ3v) is 6.37. The number of aliphatic imine (C=N–C) groups is 1. The quantitative estimate of drug-likeness (QED) is 0.364. The van der Waals surface area contributed by atoms with Gasteiger partial charge < -0.3 is 15.4 Å². The first-order chi connectivity index (χ1) is 12.3. The molecule has 0 spiro atoms. The van der Waals surface area contributed by atoms with E-state index < -0.39 is 0 Å². The van der Waals surface area contributed by atoms with E-state index in [1.807, 2.05) is 18.4 Å². The van der Waals surface area contributed by atoms with E-state index in [0.29, 0.717) is 12.0 Å². The Bertz CT molecular complexity index is 526. The predicted molar refractivity (Wildman–Crippen MR) is 121 cm³/mol. The molecule has 0 amide bonds. The summed E-state index contributed by atoms with van der Waals surface area (Å²) in [6.07, 6.45) is 3.75. The topological polar surface area (TPSA) is 48.9 Å². The average molecular weight is 492 g/mol. The first kappa shape index (κ1) is 21.9. The lowest BCUT2D eigenvalue weighted by molar-refractivity contribution is 0.140. The number of piperidine rings is 1. The van der Waals surface area contributed by atoms with Gasteiger partial charge in [-0.25, -0.2) is 0 Å². The Morgan fingerprint density at radius 1 is 1.35 bits per heavy atom. The Morgan fingerprint density at radius 3 is 2.77 bits per heavy atom. The van der Waals surface area contributed by atoms with Gasteiger partial charge in [-0.1, -0.05) is 13.0 Å². The molecule has 2 N–H and O–H groups in total. The van der Waals surface area contributed by atoms with Gasteiger partial charge in [0.1, 0.15) is 0 Å². The first-order valence-electron chi connectivity index (χ1n) is 9.56. The number of hydrogen-bond acceptors (Lipinski definition) is 4. The molecule has 2 atom stereocenters. The molecule has 2 saturated heterocycles. The molecule has 2 aliphatic rings. The standard InChI is InChI=1S/C19H32N4OS.HI/c1-15-5-8-23(9-6-15)17(18-4-3-11-25-18)13-22-19(20-2)21-12-16-7-10-24-14-16;/h3-4,11,15-17H,5-10,12-14H2,1-2H3,(H2,20,21,22);1H. The van der Waals surface area contributed by atoms with Gasteiger partial charge >= 0.3 is 0 Å². The van der Waals surface area contributed by atoms with E-state index in [1.165, 1.54) is 30.8 Å². The molecular formula is C19H33IN4OS. The fourth-order valence-corrected chi connectivity index (χ4v) is 4.49. The van der Waals surface area contributed by atoms with Crippen molar-refractivity contribution in [2.24, 2.45) is 16.8 Å². The molecule has 3 rings (SSSR count). The molecule has 3 heterocycles. The molecule has 5 nitrogen and oxygen atoms in total. The molecule has 26 heavy (non-hydrogen) atoms. The molecule has 0 radical (unpaired) electrons. The summed E-state index contributed by atoms with van der Waals surface area (Å²) in [5.41, 5.74) is 0. The highest BCUT2D eigenvalue weighted by Crippen LogP contribution is 2.29. The number of ether oxygens (including phenoxy) is 1. The van der Waals surface area contributed by atoms with Crippen LogP contribution in [-0.4, -0.2) is 57.3 Å². The molecule has 7 heteroatoms. The second kappa shape index (κ2) is 11.5. The van der Waals surface area contributed by atoms with Crippen LogP contribution in [0.3, 0.4) is 0 Å². The van der Waals surface area contributed by atoms with Crippen LogP contribution in [0.2, 0.25) is 0 Å². The highest BCUT2D eigenvalue weighted by Gasteiger charge is 2.25. The summed E-state index contributed by atoms with van der Waals surface area (Å²) in [5.74, 6) is 2.37. The summed E-state index contributed by atoms with van der Waals surface area (Å²) in [6, 6.07) is 4.86. The molecule has 2 fully saturated rings. The maximum Gasteiger partial charge on any atom is 0.191 e. The molecular weight excluding hydrogens is 459 g/mol. The lowest BCUT2D eigenvalue weighted by Gasteiger charge is -2.36. The average Bonchev–Trinajstić information content (AvgIpc) is 3.33. The Morgan fingerprint density at radius 2 is 2.15 bits per heavy atom. The molecule has 2 unspecified atom stereocenters. The van der Waals surface area contributed by atoms with Crippen LogP contribution in [0.25, 0.3) is 0 Å².